The predicted octanol–water partition coefficient (Wildman–Crippen LogP) is 1.99. The molecule has 4 aromatic heterocycles. The number of aromatic nitrogens is 7. The fourth-order valence-electron chi connectivity index (χ4n) is 3.80. The van der Waals surface area contributed by atoms with Crippen LogP contribution in [0, 0.1) is 0 Å². The highest BCUT2D eigenvalue weighted by Crippen LogP contribution is 2.29. The fourth-order valence-corrected chi connectivity index (χ4v) is 3.80. The van der Waals surface area contributed by atoms with Crippen LogP contribution in [0.15, 0.2) is 36.8 Å². The number of rotatable bonds is 5. The summed E-state index contributed by atoms with van der Waals surface area (Å²) in [5.74, 6) is 1.69. The van der Waals surface area contributed by atoms with Crippen molar-refractivity contribution in [2.75, 3.05) is 30.7 Å². The number of fused-ring (bicyclic) bond motifs is 1. The number of hydrogen-bond donors (Lipinski definition) is 3. The second-order valence-electron chi connectivity index (χ2n) is 7.39. The van der Waals surface area contributed by atoms with E-state index in [0.717, 1.165) is 49.4 Å². The number of pyridine rings is 1. The first-order chi connectivity index (χ1) is 14.7. The van der Waals surface area contributed by atoms with Gasteiger partial charge in [0, 0.05) is 30.1 Å². The molecule has 4 N–H and O–H groups in total. The number of anilines is 2. The van der Waals surface area contributed by atoms with Crippen molar-refractivity contribution in [3.05, 3.63) is 36.8 Å². The third kappa shape index (κ3) is 3.35. The molecule has 4 aromatic rings. The first kappa shape index (κ1) is 18.5. The summed E-state index contributed by atoms with van der Waals surface area (Å²) in [6.07, 6.45) is 7.89. The van der Waals surface area contributed by atoms with E-state index < -0.39 is 0 Å². The van der Waals surface area contributed by atoms with E-state index in [1.54, 1.807) is 10.7 Å². The average molecular weight is 404 g/mol. The van der Waals surface area contributed by atoms with Gasteiger partial charge in [0.2, 0.25) is 0 Å². The largest absolute Gasteiger partial charge is 0.383 e. The SMILES string of the molecule is CCNc1ccc2nnc(-c3cc(-c4cnn(C5CCNCC5)c4)cnc3N)n2n1. The molecular formula is C20H24N10. The van der Waals surface area contributed by atoms with Gasteiger partial charge < -0.3 is 16.4 Å². The average Bonchev–Trinajstić information content (AvgIpc) is 3.43. The molecule has 0 spiro atoms. The van der Waals surface area contributed by atoms with Gasteiger partial charge in [0.25, 0.3) is 0 Å². The summed E-state index contributed by atoms with van der Waals surface area (Å²) < 4.78 is 3.75. The summed E-state index contributed by atoms with van der Waals surface area (Å²) in [7, 11) is 0. The minimum atomic E-state index is 0.384. The standard InChI is InChI=1S/C20H24N10/c1-2-23-17-3-4-18-26-27-20(30(18)28-17)16-9-13(10-24-19(16)21)14-11-25-29(12-14)15-5-7-22-8-6-15/h3-4,9-12,15,22H,2,5-8H2,1H3,(H2,21,24)(H,23,28). The molecule has 10 nitrogen and oxygen atoms in total. The molecule has 0 radical (unpaired) electrons. The Morgan fingerprint density at radius 3 is 2.87 bits per heavy atom. The van der Waals surface area contributed by atoms with Gasteiger partial charge in [0.1, 0.15) is 11.6 Å². The Labute approximate surface area is 173 Å². The van der Waals surface area contributed by atoms with Crippen LogP contribution in [-0.2, 0) is 0 Å². The van der Waals surface area contributed by atoms with Crippen molar-refractivity contribution in [1.29, 1.82) is 0 Å². The van der Waals surface area contributed by atoms with Crippen molar-refractivity contribution >= 4 is 17.3 Å². The molecule has 0 saturated carbocycles. The van der Waals surface area contributed by atoms with Crippen LogP contribution >= 0.6 is 0 Å². The maximum atomic E-state index is 6.21. The van der Waals surface area contributed by atoms with Gasteiger partial charge in [-0.05, 0) is 51.1 Å². The number of nitrogens with one attached hydrogen (secondary N) is 2. The third-order valence-corrected chi connectivity index (χ3v) is 5.40. The number of nitrogens with zero attached hydrogens (tertiary/aromatic N) is 7. The second-order valence-corrected chi connectivity index (χ2v) is 7.39. The van der Waals surface area contributed by atoms with Crippen LogP contribution in [0.1, 0.15) is 25.8 Å². The minimum absolute atomic E-state index is 0.384. The van der Waals surface area contributed by atoms with Gasteiger partial charge in [-0.25, -0.2) is 4.98 Å². The van der Waals surface area contributed by atoms with Crippen molar-refractivity contribution < 1.29 is 0 Å². The first-order valence-electron chi connectivity index (χ1n) is 10.2. The zero-order valence-electron chi connectivity index (χ0n) is 16.8. The molecule has 1 fully saturated rings. The Morgan fingerprint density at radius 2 is 2.03 bits per heavy atom. The molecule has 1 aliphatic heterocycles. The monoisotopic (exact) mass is 404 g/mol. The zero-order chi connectivity index (χ0) is 20.5. The van der Waals surface area contributed by atoms with Crippen LogP contribution in [-0.4, -0.2) is 54.2 Å². The van der Waals surface area contributed by atoms with E-state index in [1.807, 2.05) is 31.3 Å². The van der Waals surface area contributed by atoms with E-state index in [9.17, 15) is 0 Å². The van der Waals surface area contributed by atoms with Crippen molar-refractivity contribution in [2.24, 2.45) is 0 Å². The molecular weight excluding hydrogens is 380 g/mol. The molecule has 10 heteroatoms. The number of hydrogen-bond acceptors (Lipinski definition) is 8. The smallest absolute Gasteiger partial charge is 0.189 e. The molecule has 5 rings (SSSR count). The van der Waals surface area contributed by atoms with Gasteiger partial charge in [-0.2, -0.15) is 9.61 Å². The molecule has 0 bridgehead atoms. The number of nitrogens with two attached hydrogens (primary N) is 1. The summed E-state index contributed by atoms with van der Waals surface area (Å²) >= 11 is 0. The minimum Gasteiger partial charge on any atom is -0.383 e. The van der Waals surface area contributed by atoms with Crippen LogP contribution in [0.5, 0.6) is 0 Å². The maximum absolute atomic E-state index is 6.21. The number of nitrogen functional groups attached to an aromatic ring is 1. The van der Waals surface area contributed by atoms with Gasteiger partial charge in [-0.1, -0.05) is 0 Å². The van der Waals surface area contributed by atoms with Crippen LogP contribution in [0.2, 0.25) is 0 Å². The fraction of sp³-hybridized carbons (Fsp3) is 0.350. The van der Waals surface area contributed by atoms with Gasteiger partial charge in [-0.3, -0.25) is 4.68 Å². The van der Waals surface area contributed by atoms with Crippen LogP contribution in [0.3, 0.4) is 0 Å². The van der Waals surface area contributed by atoms with E-state index in [-0.39, 0.29) is 0 Å². The van der Waals surface area contributed by atoms with E-state index in [2.05, 4.69) is 46.9 Å². The Kier molecular flexibility index (Phi) is 4.75. The van der Waals surface area contributed by atoms with E-state index in [0.29, 0.717) is 28.9 Å². The summed E-state index contributed by atoms with van der Waals surface area (Å²) in [5.41, 5.74) is 9.47. The summed E-state index contributed by atoms with van der Waals surface area (Å²) in [6, 6.07) is 6.16. The molecule has 154 valence electrons. The quantitative estimate of drug-likeness (QED) is 0.461. The molecule has 1 aliphatic rings. The molecule has 1 saturated heterocycles. The molecule has 0 aromatic carbocycles. The molecule has 5 heterocycles. The van der Waals surface area contributed by atoms with Crippen LogP contribution in [0.4, 0.5) is 11.6 Å². The first-order valence-corrected chi connectivity index (χ1v) is 10.2. The Morgan fingerprint density at radius 1 is 1.17 bits per heavy atom. The van der Waals surface area contributed by atoms with E-state index >= 15 is 0 Å². The summed E-state index contributed by atoms with van der Waals surface area (Å²) in [5, 5.41) is 24.3. The third-order valence-electron chi connectivity index (χ3n) is 5.40. The van der Waals surface area contributed by atoms with Gasteiger partial charge in [0.05, 0.1) is 17.8 Å². The zero-order valence-corrected chi connectivity index (χ0v) is 16.8. The van der Waals surface area contributed by atoms with Crippen LogP contribution in [0.25, 0.3) is 28.2 Å². The Hall–Kier alpha value is -3.53. The van der Waals surface area contributed by atoms with Crippen molar-refractivity contribution in [2.45, 2.75) is 25.8 Å². The van der Waals surface area contributed by atoms with Gasteiger partial charge >= 0.3 is 0 Å². The lowest BCUT2D eigenvalue weighted by Gasteiger charge is -2.22. The van der Waals surface area contributed by atoms with E-state index in [4.69, 9.17) is 5.73 Å². The molecule has 0 atom stereocenters. The molecule has 30 heavy (non-hydrogen) atoms. The van der Waals surface area contributed by atoms with Crippen molar-refractivity contribution in [3.63, 3.8) is 0 Å². The highest BCUT2D eigenvalue weighted by Gasteiger charge is 2.18. The summed E-state index contributed by atoms with van der Waals surface area (Å²) in [6.45, 7) is 4.84. The number of piperidine rings is 1. The molecule has 0 aliphatic carbocycles. The van der Waals surface area contributed by atoms with E-state index in [1.165, 1.54) is 0 Å². The van der Waals surface area contributed by atoms with Gasteiger partial charge in [-0.15, -0.1) is 15.3 Å². The highest BCUT2D eigenvalue weighted by molar-refractivity contribution is 5.76. The summed E-state index contributed by atoms with van der Waals surface area (Å²) in [4.78, 5) is 4.41. The predicted molar refractivity (Wildman–Crippen MR) is 115 cm³/mol. The van der Waals surface area contributed by atoms with Crippen molar-refractivity contribution in [1.82, 2.24) is 39.9 Å². The normalized spacial score (nSPS) is 15.0. The van der Waals surface area contributed by atoms with Crippen molar-refractivity contribution in [3.8, 4) is 22.5 Å². The Bertz CT molecular complexity index is 1170. The Balaban J connectivity index is 1.52. The molecule has 0 amide bonds. The lowest BCUT2D eigenvalue weighted by Crippen LogP contribution is -2.29. The second kappa shape index (κ2) is 7.71. The van der Waals surface area contributed by atoms with Gasteiger partial charge in [0.15, 0.2) is 11.5 Å². The maximum Gasteiger partial charge on any atom is 0.189 e. The van der Waals surface area contributed by atoms with Crippen LogP contribution < -0.4 is 16.4 Å². The lowest BCUT2D eigenvalue weighted by atomic mass is 10.1. The highest BCUT2D eigenvalue weighted by atomic mass is 15.4. The lowest BCUT2D eigenvalue weighted by molar-refractivity contribution is 0.343. The topological polar surface area (TPSA) is 124 Å². The molecule has 0 unspecified atom stereocenters.